The van der Waals surface area contributed by atoms with E-state index in [0.29, 0.717) is 18.1 Å². The number of carbonyl (C=O) groups is 1. The third-order valence-electron chi connectivity index (χ3n) is 6.04. The molecule has 1 aromatic carbocycles. The molecule has 0 bridgehead atoms. The number of fused-ring (bicyclic) bond motifs is 1. The number of amides is 1. The van der Waals surface area contributed by atoms with Crippen molar-refractivity contribution in [1.29, 1.82) is 5.26 Å². The number of halogens is 1. The predicted octanol–water partition coefficient (Wildman–Crippen LogP) is 3.20. The lowest BCUT2D eigenvalue weighted by Crippen LogP contribution is -2.54. The summed E-state index contributed by atoms with van der Waals surface area (Å²) in [6.45, 7) is 4.66. The fraction of sp³-hybridized carbons (Fsp3) is 0.273. The number of nitrogens with zero attached hydrogens (tertiary/aromatic N) is 6. The number of aliphatic hydroxyl groups is 1. The van der Waals surface area contributed by atoms with Gasteiger partial charge in [-0.05, 0) is 43.5 Å². The zero-order valence-corrected chi connectivity index (χ0v) is 17.4. The molecule has 1 saturated heterocycles. The van der Waals surface area contributed by atoms with Crippen molar-refractivity contribution in [2.75, 3.05) is 16.4 Å². The van der Waals surface area contributed by atoms with Gasteiger partial charge >= 0.3 is 0 Å². The molecular weight excluding hydrogens is 416 g/mol. The molecule has 5 rings (SSSR count). The third-order valence-corrected chi connectivity index (χ3v) is 6.33. The van der Waals surface area contributed by atoms with Crippen LogP contribution in [0, 0.1) is 11.3 Å². The van der Waals surface area contributed by atoms with Gasteiger partial charge in [-0.3, -0.25) is 14.4 Å². The Bertz CT molecular complexity index is 1270. The Morgan fingerprint density at radius 2 is 2.10 bits per heavy atom. The smallest absolute Gasteiger partial charge is 0.259 e. The Morgan fingerprint density at radius 3 is 2.74 bits per heavy atom. The van der Waals surface area contributed by atoms with Crippen molar-refractivity contribution < 1.29 is 9.90 Å². The molecule has 1 spiro atoms. The maximum atomic E-state index is 13.6. The van der Waals surface area contributed by atoms with Crippen molar-refractivity contribution in [3.8, 4) is 6.07 Å². The first-order chi connectivity index (χ1) is 15.0. The second kappa shape index (κ2) is 7.08. The van der Waals surface area contributed by atoms with Gasteiger partial charge in [0.25, 0.3) is 5.91 Å². The summed E-state index contributed by atoms with van der Waals surface area (Å²) in [5.41, 5.74) is 1.58. The number of aliphatic hydroxyl groups excluding tert-OH is 1. The zero-order chi connectivity index (χ0) is 21.8. The van der Waals surface area contributed by atoms with Crippen molar-refractivity contribution in [1.82, 2.24) is 14.8 Å². The third kappa shape index (κ3) is 2.81. The second-order valence-corrected chi connectivity index (χ2v) is 8.18. The van der Waals surface area contributed by atoms with Crippen LogP contribution in [0.25, 0.3) is 10.9 Å². The fourth-order valence-corrected chi connectivity index (χ4v) is 4.64. The molecule has 2 aromatic heterocycles. The van der Waals surface area contributed by atoms with Crippen LogP contribution in [0.2, 0.25) is 5.02 Å². The molecule has 1 amide bonds. The van der Waals surface area contributed by atoms with Gasteiger partial charge in [0, 0.05) is 17.3 Å². The number of carbonyl (C=O) groups excluding carboxylic acids is 1. The second-order valence-electron chi connectivity index (χ2n) is 7.77. The van der Waals surface area contributed by atoms with Crippen molar-refractivity contribution in [3.63, 3.8) is 0 Å². The number of rotatable bonds is 4. The largest absolute Gasteiger partial charge is 0.394 e. The first-order valence-corrected chi connectivity index (χ1v) is 10.3. The molecule has 3 heterocycles. The first kappa shape index (κ1) is 19.5. The summed E-state index contributed by atoms with van der Waals surface area (Å²) in [4.78, 5) is 21.2. The van der Waals surface area contributed by atoms with E-state index in [1.54, 1.807) is 15.6 Å². The number of anilines is 2. The molecule has 1 aliphatic heterocycles. The van der Waals surface area contributed by atoms with Crippen LogP contribution in [0.5, 0.6) is 0 Å². The molecule has 0 unspecified atom stereocenters. The minimum atomic E-state index is -0.688. The highest BCUT2D eigenvalue weighted by molar-refractivity contribution is 6.32. The summed E-state index contributed by atoms with van der Waals surface area (Å²) in [6.07, 6.45) is 5.75. The van der Waals surface area contributed by atoms with E-state index in [1.165, 1.54) is 6.20 Å². The first-order valence-electron chi connectivity index (χ1n) is 9.96. The summed E-state index contributed by atoms with van der Waals surface area (Å²) in [5, 5.41) is 23.8. The highest BCUT2D eigenvalue weighted by Gasteiger charge is 2.58. The van der Waals surface area contributed by atoms with E-state index in [4.69, 9.17) is 16.9 Å². The summed E-state index contributed by atoms with van der Waals surface area (Å²) in [6, 6.07) is 9.34. The molecule has 9 heteroatoms. The van der Waals surface area contributed by atoms with Gasteiger partial charge in [0.15, 0.2) is 5.69 Å². The number of hydrogen-bond donors (Lipinski definition) is 1. The summed E-state index contributed by atoms with van der Waals surface area (Å²) in [7, 11) is 0. The summed E-state index contributed by atoms with van der Waals surface area (Å²) >= 11 is 6.18. The molecule has 8 nitrogen and oxygen atoms in total. The van der Waals surface area contributed by atoms with E-state index in [2.05, 4.69) is 16.7 Å². The lowest BCUT2D eigenvalue weighted by molar-refractivity contribution is -0.123. The van der Waals surface area contributed by atoms with Crippen LogP contribution >= 0.6 is 11.6 Å². The van der Waals surface area contributed by atoms with E-state index in [0.717, 1.165) is 35.9 Å². The normalized spacial score (nSPS) is 17.5. The Balaban J connectivity index is 1.58. The highest BCUT2D eigenvalue weighted by atomic mass is 35.5. The Morgan fingerprint density at radius 1 is 1.29 bits per heavy atom. The van der Waals surface area contributed by atoms with Gasteiger partial charge in [-0.2, -0.15) is 10.4 Å². The van der Waals surface area contributed by atoms with E-state index in [1.807, 2.05) is 35.4 Å². The minimum absolute atomic E-state index is 0.0114. The number of pyridine rings is 1. The van der Waals surface area contributed by atoms with Gasteiger partial charge in [-0.25, -0.2) is 4.98 Å². The molecule has 0 radical (unpaired) electrons. The zero-order valence-electron chi connectivity index (χ0n) is 16.6. The quantitative estimate of drug-likeness (QED) is 0.677. The number of hydrogen-bond acceptors (Lipinski definition) is 6. The van der Waals surface area contributed by atoms with Crippen LogP contribution in [0.4, 0.5) is 11.4 Å². The molecule has 1 N–H and O–H groups in total. The Labute approximate surface area is 183 Å². The van der Waals surface area contributed by atoms with Crippen LogP contribution in [-0.2, 0) is 11.3 Å². The molecule has 1 saturated carbocycles. The molecule has 156 valence electrons. The number of aromatic nitrogens is 3. The van der Waals surface area contributed by atoms with Crippen LogP contribution in [0.1, 0.15) is 25.0 Å². The molecule has 2 fully saturated rings. The van der Waals surface area contributed by atoms with E-state index < -0.39 is 5.54 Å². The molecule has 31 heavy (non-hydrogen) atoms. The minimum Gasteiger partial charge on any atom is -0.394 e. The number of benzene rings is 1. The average Bonchev–Trinajstić information content (AvgIpc) is 3.22. The standard InChI is InChI=1S/C22H19ClN6O2/c1-14-28(17-10-18(23)20(11-24)25-12-17)21(31)22(5-2-6-22)29(14)16-3-4-19-15(9-16)13-27(26-19)7-8-30/h3-4,9-10,12-13,30H,1-2,5-8H2. The Kier molecular flexibility index (Phi) is 4.46. The topological polar surface area (TPSA) is 98.3 Å². The molecular formula is C22H19ClN6O2. The molecule has 3 aromatic rings. The highest BCUT2D eigenvalue weighted by Crippen LogP contribution is 2.50. The van der Waals surface area contributed by atoms with Gasteiger partial charge in [-0.1, -0.05) is 18.2 Å². The van der Waals surface area contributed by atoms with Gasteiger partial charge in [0.05, 0.1) is 35.6 Å². The maximum Gasteiger partial charge on any atom is 0.259 e. The molecule has 2 aliphatic rings. The van der Waals surface area contributed by atoms with Crippen LogP contribution in [-0.4, -0.2) is 37.9 Å². The SMILES string of the molecule is C=C1N(c2cnc(C#N)c(Cl)c2)C(=O)C2(CCC2)N1c1ccc2nn(CCO)cc2c1. The van der Waals surface area contributed by atoms with Crippen LogP contribution in [0.15, 0.2) is 49.1 Å². The Hall–Kier alpha value is -3.41. The summed E-state index contributed by atoms with van der Waals surface area (Å²) in [5.74, 6) is 0.455. The van der Waals surface area contributed by atoms with Gasteiger partial charge in [0.1, 0.15) is 17.4 Å². The van der Waals surface area contributed by atoms with Crippen molar-refractivity contribution in [2.45, 2.75) is 31.3 Å². The predicted molar refractivity (Wildman–Crippen MR) is 116 cm³/mol. The maximum absolute atomic E-state index is 13.6. The van der Waals surface area contributed by atoms with E-state index in [9.17, 15) is 9.90 Å². The fourth-order valence-electron chi connectivity index (χ4n) is 4.43. The average molecular weight is 435 g/mol. The van der Waals surface area contributed by atoms with E-state index in [-0.39, 0.29) is 23.2 Å². The van der Waals surface area contributed by atoms with Gasteiger partial charge in [0.2, 0.25) is 0 Å². The summed E-state index contributed by atoms with van der Waals surface area (Å²) < 4.78 is 1.70. The number of nitriles is 1. The van der Waals surface area contributed by atoms with Gasteiger partial charge in [-0.15, -0.1) is 0 Å². The van der Waals surface area contributed by atoms with Crippen LogP contribution in [0.3, 0.4) is 0 Å². The molecule has 0 atom stereocenters. The van der Waals surface area contributed by atoms with Crippen LogP contribution < -0.4 is 9.80 Å². The van der Waals surface area contributed by atoms with Gasteiger partial charge < -0.3 is 10.0 Å². The van der Waals surface area contributed by atoms with Crippen molar-refractivity contribution in [3.05, 3.63) is 59.8 Å². The van der Waals surface area contributed by atoms with Crippen molar-refractivity contribution in [2.24, 2.45) is 0 Å². The lowest BCUT2D eigenvalue weighted by Gasteiger charge is -2.43. The van der Waals surface area contributed by atoms with E-state index >= 15 is 0 Å². The monoisotopic (exact) mass is 434 g/mol. The molecule has 1 aliphatic carbocycles. The van der Waals surface area contributed by atoms with Crippen molar-refractivity contribution >= 4 is 39.8 Å². The lowest BCUT2D eigenvalue weighted by atomic mass is 9.75.